The van der Waals surface area contributed by atoms with Crippen molar-refractivity contribution in [3.8, 4) is 0 Å². The summed E-state index contributed by atoms with van der Waals surface area (Å²) in [6.07, 6.45) is 1.34. The minimum atomic E-state index is 0.169. The first-order chi connectivity index (χ1) is 4.20. The van der Waals surface area contributed by atoms with Gasteiger partial charge in [-0.2, -0.15) is 0 Å². The molecule has 2 radical (unpaired) electrons. The fourth-order valence-electron chi connectivity index (χ4n) is 0.390. The standard InChI is InChI=1S/C4H3BClN3/c5-3-4(7)9-2(6)1-8-3/h1H,(H2,7,9). The van der Waals surface area contributed by atoms with Crippen LogP contribution in [0.3, 0.4) is 0 Å². The molecule has 1 rings (SSSR count). The fourth-order valence-corrected chi connectivity index (χ4v) is 0.530. The summed E-state index contributed by atoms with van der Waals surface area (Å²) in [6.45, 7) is 0. The molecule has 1 heterocycles. The van der Waals surface area contributed by atoms with Gasteiger partial charge in [0, 0.05) is 5.59 Å². The molecule has 1 aromatic heterocycles. The van der Waals surface area contributed by atoms with Crippen molar-refractivity contribution in [1.29, 1.82) is 0 Å². The summed E-state index contributed by atoms with van der Waals surface area (Å²) >= 11 is 5.41. The topological polar surface area (TPSA) is 51.8 Å². The molecule has 2 N–H and O–H groups in total. The summed E-state index contributed by atoms with van der Waals surface area (Å²) in [5, 5.41) is 0.252. The van der Waals surface area contributed by atoms with E-state index in [0.29, 0.717) is 0 Å². The Morgan fingerprint density at radius 3 is 2.78 bits per heavy atom. The minimum Gasteiger partial charge on any atom is -0.383 e. The van der Waals surface area contributed by atoms with E-state index in [0.717, 1.165) is 0 Å². The molecular formula is C4H3BClN3. The highest BCUT2D eigenvalue weighted by molar-refractivity contribution is 6.34. The predicted molar refractivity (Wildman–Crippen MR) is 36.8 cm³/mol. The van der Waals surface area contributed by atoms with Crippen molar-refractivity contribution in [2.45, 2.75) is 0 Å². The SMILES string of the molecule is [B]c1ncc(Cl)nc1N. The van der Waals surface area contributed by atoms with Gasteiger partial charge in [0.2, 0.25) is 0 Å². The van der Waals surface area contributed by atoms with E-state index < -0.39 is 0 Å². The molecule has 44 valence electrons. The van der Waals surface area contributed by atoms with Gasteiger partial charge in [0.05, 0.1) is 6.20 Å². The van der Waals surface area contributed by atoms with E-state index in [4.69, 9.17) is 25.2 Å². The van der Waals surface area contributed by atoms with Gasteiger partial charge in [-0.15, -0.1) is 0 Å². The Hall–Kier alpha value is -0.765. The van der Waals surface area contributed by atoms with Gasteiger partial charge < -0.3 is 5.73 Å². The Morgan fingerprint density at radius 1 is 1.67 bits per heavy atom. The van der Waals surface area contributed by atoms with E-state index in [1.54, 1.807) is 0 Å². The molecule has 0 aromatic carbocycles. The number of halogens is 1. The highest BCUT2D eigenvalue weighted by Gasteiger charge is 1.94. The molecule has 0 saturated carbocycles. The average molecular weight is 139 g/mol. The molecular weight excluding hydrogens is 136 g/mol. The maximum atomic E-state index is 5.41. The Balaban J connectivity index is 3.17. The van der Waals surface area contributed by atoms with Gasteiger partial charge in [0.15, 0.2) is 0 Å². The van der Waals surface area contributed by atoms with E-state index in [2.05, 4.69) is 9.97 Å². The van der Waals surface area contributed by atoms with E-state index in [-0.39, 0.29) is 16.6 Å². The molecule has 0 atom stereocenters. The summed E-state index contributed by atoms with van der Waals surface area (Å²) in [4.78, 5) is 7.27. The second-order valence-corrected chi connectivity index (χ2v) is 1.85. The molecule has 0 aliphatic carbocycles. The Kier molecular flexibility index (Phi) is 1.57. The zero-order chi connectivity index (χ0) is 6.85. The van der Waals surface area contributed by atoms with Gasteiger partial charge in [-0.1, -0.05) is 11.6 Å². The number of nitrogens with two attached hydrogens (primary N) is 1. The summed E-state index contributed by atoms with van der Waals surface area (Å²) < 4.78 is 0. The number of nitrogens with zero attached hydrogens (tertiary/aromatic N) is 2. The van der Waals surface area contributed by atoms with Gasteiger partial charge in [-0.3, -0.25) is 4.98 Å². The molecule has 0 fully saturated rings. The Morgan fingerprint density at radius 2 is 2.33 bits per heavy atom. The van der Waals surface area contributed by atoms with Crippen LogP contribution in [0.1, 0.15) is 0 Å². The maximum Gasteiger partial charge on any atom is 0.149 e. The van der Waals surface area contributed by atoms with Crippen LogP contribution >= 0.6 is 11.6 Å². The van der Waals surface area contributed by atoms with Crippen molar-refractivity contribution in [2.24, 2.45) is 0 Å². The molecule has 0 bridgehead atoms. The largest absolute Gasteiger partial charge is 0.383 e. The normalized spacial score (nSPS) is 9.44. The van der Waals surface area contributed by atoms with E-state index in [1.807, 2.05) is 0 Å². The fraction of sp³-hybridized carbons (Fsp3) is 0. The first-order valence-electron chi connectivity index (χ1n) is 2.23. The van der Waals surface area contributed by atoms with Crippen LogP contribution in [0.15, 0.2) is 6.20 Å². The van der Waals surface area contributed by atoms with E-state index >= 15 is 0 Å². The van der Waals surface area contributed by atoms with E-state index in [9.17, 15) is 0 Å². The zero-order valence-electron chi connectivity index (χ0n) is 4.50. The average Bonchev–Trinajstić information content (AvgIpc) is 1.80. The Bertz CT molecular complexity index is 227. The van der Waals surface area contributed by atoms with Crippen molar-refractivity contribution in [1.82, 2.24) is 9.97 Å². The number of nitrogen functional groups attached to an aromatic ring is 1. The van der Waals surface area contributed by atoms with Gasteiger partial charge in [-0.25, -0.2) is 4.98 Å². The van der Waals surface area contributed by atoms with Crippen molar-refractivity contribution in [3.05, 3.63) is 11.3 Å². The summed E-state index contributed by atoms with van der Waals surface area (Å²) in [5.74, 6) is 0.169. The van der Waals surface area contributed by atoms with Crippen LogP contribution in [-0.4, -0.2) is 17.8 Å². The molecule has 0 aliphatic rings. The number of hydrogen-bond acceptors (Lipinski definition) is 3. The molecule has 3 nitrogen and oxygen atoms in total. The lowest BCUT2D eigenvalue weighted by atomic mass is 10.1. The van der Waals surface area contributed by atoms with Crippen molar-refractivity contribution in [2.75, 3.05) is 5.73 Å². The third-order valence-corrected chi connectivity index (χ3v) is 0.982. The Labute approximate surface area is 58.7 Å². The van der Waals surface area contributed by atoms with Gasteiger partial charge in [0.1, 0.15) is 18.8 Å². The monoisotopic (exact) mass is 139 g/mol. The first kappa shape index (κ1) is 6.36. The highest BCUT2D eigenvalue weighted by atomic mass is 35.5. The lowest BCUT2D eigenvalue weighted by Gasteiger charge is -1.95. The third kappa shape index (κ3) is 1.32. The molecule has 0 saturated heterocycles. The second kappa shape index (κ2) is 2.23. The van der Waals surface area contributed by atoms with Gasteiger partial charge in [-0.05, 0) is 0 Å². The van der Waals surface area contributed by atoms with Crippen molar-refractivity contribution >= 4 is 30.9 Å². The summed E-state index contributed by atoms with van der Waals surface area (Å²) in [7, 11) is 5.23. The quantitative estimate of drug-likeness (QED) is 0.493. The first-order valence-corrected chi connectivity index (χ1v) is 2.61. The smallest absolute Gasteiger partial charge is 0.149 e. The summed E-state index contributed by atoms with van der Waals surface area (Å²) in [6, 6.07) is 0. The molecule has 5 heteroatoms. The van der Waals surface area contributed by atoms with Crippen LogP contribution in [0.2, 0.25) is 5.15 Å². The van der Waals surface area contributed by atoms with Gasteiger partial charge in [0.25, 0.3) is 0 Å². The van der Waals surface area contributed by atoms with E-state index in [1.165, 1.54) is 6.20 Å². The minimum absolute atomic E-state index is 0.169. The molecule has 0 aliphatic heterocycles. The lowest BCUT2D eigenvalue weighted by Crippen LogP contribution is -2.15. The van der Waals surface area contributed by atoms with Gasteiger partial charge >= 0.3 is 0 Å². The maximum absolute atomic E-state index is 5.41. The van der Waals surface area contributed by atoms with Crippen LogP contribution in [0.5, 0.6) is 0 Å². The van der Waals surface area contributed by atoms with Crippen molar-refractivity contribution < 1.29 is 0 Å². The van der Waals surface area contributed by atoms with Crippen LogP contribution < -0.4 is 11.3 Å². The number of rotatable bonds is 0. The van der Waals surface area contributed by atoms with Crippen molar-refractivity contribution in [3.63, 3.8) is 0 Å². The zero-order valence-corrected chi connectivity index (χ0v) is 5.26. The number of anilines is 1. The number of aromatic nitrogens is 2. The molecule has 9 heavy (non-hydrogen) atoms. The van der Waals surface area contributed by atoms with Crippen LogP contribution in [-0.2, 0) is 0 Å². The second-order valence-electron chi connectivity index (χ2n) is 1.46. The molecule has 0 unspecified atom stereocenters. The molecule has 0 spiro atoms. The van der Waals surface area contributed by atoms with Crippen LogP contribution in [0.4, 0.5) is 5.82 Å². The lowest BCUT2D eigenvalue weighted by molar-refractivity contribution is 1.25. The number of hydrogen-bond donors (Lipinski definition) is 1. The molecule has 0 amide bonds. The summed E-state index contributed by atoms with van der Waals surface area (Å²) in [5.41, 5.74) is 5.45. The predicted octanol–water partition coefficient (Wildman–Crippen LogP) is -0.494. The highest BCUT2D eigenvalue weighted by Crippen LogP contribution is 1.99. The van der Waals surface area contributed by atoms with Crippen LogP contribution in [0, 0.1) is 0 Å². The van der Waals surface area contributed by atoms with Crippen LogP contribution in [0.25, 0.3) is 0 Å². The third-order valence-electron chi connectivity index (χ3n) is 0.800. The molecule has 1 aromatic rings.